The Bertz CT molecular complexity index is 542. The van der Waals surface area contributed by atoms with Crippen LogP contribution in [0.4, 0.5) is 0 Å². The van der Waals surface area contributed by atoms with Crippen LogP contribution in [-0.2, 0) is 16.6 Å². The number of aliphatic hydroxyl groups excluding tert-OH is 1. The highest BCUT2D eigenvalue weighted by Gasteiger charge is 2.22. The van der Waals surface area contributed by atoms with Crippen molar-refractivity contribution in [1.29, 1.82) is 0 Å². The molecule has 1 aromatic carbocycles. The van der Waals surface area contributed by atoms with Crippen molar-refractivity contribution < 1.29 is 13.5 Å². The second-order valence-corrected chi connectivity index (χ2v) is 7.05. The molecule has 2 rings (SSSR count). The Kier molecular flexibility index (Phi) is 4.97. The van der Waals surface area contributed by atoms with Crippen LogP contribution >= 0.6 is 15.9 Å². The van der Waals surface area contributed by atoms with Crippen molar-refractivity contribution in [2.45, 2.75) is 30.8 Å². The fraction of sp³-hybridized carbons (Fsp3) is 0.500. The van der Waals surface area contributed by atoms with Crippen molar-refractivity contribution in [3.05, 3.63) is 28.2 Å². The van der Waals surface area contributed by atoms with E-state index in [0.29, 0.717) is 10.0 Å². The molecular weight excluding hydrogens is 332 g/mol. The Hall–Kier alpha value is -0.470. The molecule has 0 aliphatic carbocycles. The van der Waals surface area contributed by atoms with E-state index in [9.17, 15) is 8.42 Å². The predicted octanol–water partition coefficient (Wildman–Crippen LogP) is 1.62. The first kappa shape index (κ1) is 14.9. The Morgan fingerprint density at radius 2 is 1.95 bits per heavy atom. The molecule has 5 nitrogen and oxygen atoms in total. The average Bonchev–Trinajstić information content (AvgIpc) is 2.39. The monoisotopic (exact) mass is 348 g/mol. The second kappa shape index (κ2) is 6.32. The minimum atomic E-state index is -3.61. The van der Waals surface area contributed by atoms with E-state index in [-0.39, 0.29) is 11.5 Å². The van der Waals surface area contributed by atoms with Gasteiger partial charge in [0.15, 0.2) is 0 Å². The minimum Gasteiger partial charge on any atom is -0.392 e. The molecular formula is C12H17BrN2O3S. The number of rotatable bonds is 4. The predicted molar refractivity (Wildman–Crippen MR) is 75.8 cm³/mol. The normalized spacial score (nSPS) is 17.6. The summed E-state index contributed by atoms with van der Waals surface area (Å²) in [4.78, 5) is 2.75. The number of nitrogens with one attached hydrogen (secondary N) is 1. The minimum absolute atomic E-state index is 0.157. The fourth-order valence-corrected chi connectivity index (χ4v) is 4.19. The third-order valence-electron chi connectivity index (χ3n) is 3.07. The van der Waals surface area contributed by atoms with E-state index >= 15 is 0 Å². The fourth-order valence-electron chi connectivity index (χ4n) is 2.06. The summed E-state index contributed by atoms with van der Waals surface area (Å²) in [6.07, 6.45) is 3.14. The number of hydrazine groups is 1. The molecule has 0 saturated carbocycles. The first-order valence-electron chi connectivity index (χ1n) is 6.19. The topological polar surface area (TPSA) is 69.6 Å². The van der Waals surface area contributed by atoms with Crippen LogP contribution in [0.1, 0.15) is 24.8 Å². The smallest absolute Gasteiger partial charge is 0.254 e. The van der Waals surface area contributed by atoms with Gasteiger partial charge in [-0.25, -0.2) is 13.4 Å². The maximum absolute atomic E-state index is 12.3. The molecule has 0 amide bonds. The van der Waals surface area contributed by atoms with Crippen molar-refractivity contribution in [1.82, 2.24) is 9.84 Å². The molecule has 0 spiro atoms. The lowest BCUT2D eigenvalue weighted by Gasteiger charge is -2.26. The molecule has 0 aromatic heterocycles. The number of nitrogens with zero attached hydrogens (tertiary/aromatic N) is 1. The van der Waals surface area contributed by atoms with Gasteiger partial charge in [-0.05, 0) is 46.5 Å². The van der Waals surface area contributed by atoms with E-state index in [4.69, 9.17) is 5.11 Å². The Morgan fingerprint density at radius 1 is 1.26 bits per heavy atom. The van der Waals surface area contributed by atoms with Crippen molar-refractivity contribution in [2.24, 2.45) is 0 Å². The molecule has 1 aromatic rings. The van der Waals surface area contributed by atoms with Gasteiger partial charge in [0.25, 0.3) is 10.0 Å². The zero-order valence-electron chi connectivity index (χ0n) is 10.5. The first-order chi connectivity index (χ1) is 9.03. The van der Waals surface area contributed by atoms with Gasteiger partial charge in [-0.1, -0.05) is 12.5 Å². The zero-order valence-corrected chi connectivity index (χ0v) is 12.9. The molecule has 7 heteroatoms. The van der Waals surface area contributed by atoms with E-state index < -0.39 is 10.0 Å². The highest BCUT2D eigenvalue weighted by molar-refractivity contribution is 9.10. The molecule has 19 heavy (non-hydrogen) atoms. The van der Waals surface area contributed by atoms with Crippen LogP contribution in [0.3, 0.4) is 0 Å². The van der Waals surface area contributed by atoms with Gasteiger partial charge in [0.05, 0.1) is 11.5 Å². The van der Waals surface area contributed by atoms with Crippen LogP contribution in [0, 0.1) is 0 Å². The summed E-state index contributed by atoms with van der Waals surface area (Å²) in [6, 6.07) is 4.80. The lowest BCUT2D eigenvalue weighted by Crippen LogP contribution is -2.45. The highest BCUT2D eigenvalue weighted by Crippen LogP contribution is 2.23. The lowest BCUT2D eigenvalue weighted by molar-refractivity contribution is 0.200. The lowest BCUT2D eigenvalue weighted by atomic mass is 10.2. The summed E-state index contributed by atoms with van der Waals surface area (Å²) in [5.41, 5.74) is 0.571. The molecule has 1 saturated heterocycles. The SMILES string of the molecule is O=S(=O)(NN1CCCCC1)c1cc(CO)ccc1Br. The highest BCUT2D eigenvalue weighted by atomic mass is 79.9. The number of halogens is 1. The summed E-state index contributed by atoms with van der Waals surface area (Å²) in [6.45, 7) is 1.28. The number of aliphatic hydroxyl groups is 1. The maximum atomic E-state index is 12.3. The largest absolute Gasteiger partial charge is 0.392 e. The Labute approximate surface area is 121 Å². The first-order valence-corrected chi connectivity index (χ1v) is 8.47. The van der Waals surface area contributed by atoms with E-state index in [0.717, 1.165) is 32.4 Å². The summed E-state index contributed by atoms with van der Waals surface area (Å²) in [7, 11) is -3.61. The molecule has 0 atom stereocenters. The zero-order chi connectivity index (χ0) is 13.9. The summed E-state index contributed by atoms with van der Waals surface area (Å²) in [5, 5.41) is 10.8. The summed E-state index contributed by atoms with van der Waals surface area (Å²) < 4.78 is 25.1. The van der Waals surface area contributed by atoms with Gasteiger partial charge < -0.3 is 5.11 Å². The Balaban J connectivity index is 2.23. The van der Waals surface area contributed by atoms with Gasteiger partial charge in [-0.15, -0.1) is 4.83 Å². The molecule has 1 heterocycles. The molecule has 0 bridgehead atoms. The van der Waals surface area contributed by atoms with Crippen molar-refractivity contribution >= 4 is 26.0 Å². The van der Waals surface area contributed by atoms with Crippen molar-refractivity contribution in [3.8, 4) is 0 Å². The van der Waals surface area contributed by atoms with Crippen LogP contribution < -0.4 is 4.83 Å². The van der Waals surface area contributed by atoms with Crippen LogP contribution in [0.5, 0.6) is 0 Å². The summed E-state index contributed by atoms with van der Waals surface area (Å²) in [5.74, 6) is 0. The molecule has 0 unspecified atom stereocenters. The number of hydrogen-bond acceptors (Lipinski definition) is 4. The number of benzene rings is 1. The average molecular weight is 349 g/mol. The molecule has 1 aliphatic heterocycles. The maximum Gasteiger partial charge on any atom is 0.254 e. The van der Waals surface area contributed by atoms with Gasteiger partial charge in [-0.2, -0.15) is 0 Å². The van der Waals surface area contributed by atoms with E-state index in [1.54, 1.807) is 17.1 Å². The van der Waals surface area contributed by atoms with E-state index in [2.05, 4.69) is 20.8 Å². The van der Waals surface area contributed by atoms with E-state index in [1.807, 2.05) is 0 Å². The third kappa shape index (κ3) is 3.76. The van der Waals surface area contributed by atoms with Crippen molar-refractivity contribution in [2.75, 3.05) is 13.1 Å². The Morgan fingerprint density at radius 3 is 2.58 bits per heavy atom. The van der Waals surface area contributed by atoms with E-state index in [1.165, 1.54) is 6.07 Å². The van der Waals surface area contributed by atoms with Crippen LogP contribution in [0.2, 0.25) is 0 Å². The molecule has 106 valence electrons. The van der Waals surface area contributed by atoms with Crippen LogP contribution in [0.15, 0.2) is 27.6 Å². The van der Waals surface area contributed by atoms with Gasteiger partial charge in [0, 0.05) is 17.6 Å². The van der Waals surface area contributed by atoms with Gasteiger partial charge in [0.1, 0.15) is 0 Å². The number of hydrogen-bond donors (Lipinski definition) is 2. The molecule has 2 N–H and O–H groups in total. The van der Waals surface area contributed by atoms with Gasteiger partial charge >= 0.3 is 0 Å². The molecule has 1 fully saturated rings. The second-order valence-electron chi connectivity index (χ2n) is 4.57. The molecule has 1 aliphatic rings. The van der Waals surface area contributed by atoms with Crippen LogP contribution in [0.25, 0.3) is 0 Å². The summed E-state index contributed by atoms with van der Waals surface area (Å²) >= 11 is 3.24. The van der Waals surface area contributed by atoms with Gasteiger partial charge in [0.2, 0.25) is 0 Å². The molecule has 0 radical (unpaired) electrons. The van der Waals surface area contributed by atoms with Crippen molar-refractivity contribution in [3.63, 3.8) is 0 Å². The third-order valence-corrected chi connectivity index (χ3v) is 5.44. The number of piperidine rings is 1. The quantitative estimate of drug-likeness (QED) is 0.867. The van der Waals surface area contributed by atoms with Crippen LogP contribution in [-0.4, -0.2) is 31.6 Å². The van der Waals surface area contributed by atoms with Gasteiger partial charge in [-0.3, -0.25) is 0 Å². The standard InChI is InChI=1S/C12H17BrN2O3S/c13-11-5-4-10(9-16)8-12(11)19(17,18)14-15-6-2-1-3-7-15/h4-5,8,14,16H,1-3,6-7,9H2. The number of sulfonamides is 1.